The third-order valence-electron chi connectivity index (χ3n) is 6.85. The Morgan fingerprint density at radius 3 is 2.55 bits per heavy atom. The van der Waals surface area contributed by atoms with Crippen LogP contribution >= 0.6 is 0 Å². The summed E-state index contributed by atoms with van der Waals surface area (Å²) in [7, 11) is 1.71. The summed E-state index contributed by atoms with van der Waals surface area (Å²) in [5, 5.41) is 9.26. The lowest BCUT2D eigenvalue weighted by atomic mass is 9.94. The van der Waals surface area contributed by atoms with Gasteiger partial charge in [-0.1, -0.05) is 6.07 Å². The van der Waals surface area contributed by atoms with E-state index in [-0.39, 0.29) is 30.5 Å². The molecule has 0 bridgehead atoms. The molecule has 2 aromatic heterocycles. The predicted molar refractivity (Wildman–Crippen MR) is 147 cm³/mol. The molecular weight excluding hydrogens is 513 g/mol. The van der Waals surface area contributed by atoms with Crippen molar-refractivity contribution in [1.29, 1.82) is 0 Å². The first-order chi connectivity index (χ1) is 19.1. The molecule has 206 valence electrons. The van der Waals surface area contributed by atoms with Crippen molar-refractivity contribution >= 4 is 12.0 Å². The smallest absolute Gasteiger partial charge is 0.434 e. The topological polar surface area (TPSA) is 102 Å². The second-order valence-corrected chi connectivity index (χ2v) is 10.1. The second-order valence-electron chi connectivity index (χ2n) is 10.1. The molecule has 40 heavy (non-hydrogen) atoms. The molecule has 9 nitrogen and oxygen atoms in total. The van der Waals surface area contributed by atoms with Crippen LogP contribution in [-0.2, 0) is 20.1 Å². The molecule has 0 unspecified atom stereocenters. The van der Waals surface area contributed by atoms with E-state index in [1.807, 2.05) is 39.0 Å². The molecule has 4 aromatic rings. The average molecular weight is 544 g/mol. The maximum Gasteiger partial charge on any atom is 0.434 e. The molecule has 0 atom stereocenters. The van der Waals surface area contributed by atoms with E-state index in [0.29, 0.717) is 35.5 Å². The van der Waals surface area contributed by atoms with E-state index in [4.69, 9.17) is 4.74 Å². The van der Waals surface area contributed by atoms with Gasteiger partial charge in [-0.05, 0) is 79.4 Å². The van der Waals surface area contributed by atoms with Crippen LogP contribution in [0.4, 0.5) is 9.18 Å². The van der Waals surface area contributed by atoms with Gasteiger partial charge in [0.25, 0.3) is 5.91 Å². The first-order valence-electron chi connectivity index (χ1n) is 12.9. The first-order valence-corrected chi connectivity index (χ1v) is 12.9. The number of nitrogens with zero attached hydrogens (tertiary/aromatic N) is 5. The molecule has 2 amide bonds. The zero-order valence-corrected chi connectivity index (χ0v) is 22.8. The minimum Gasteiger partial charge on any atom is -0.490 e. The summed E-state index contributed by atoms with van der Waals surface area (Å²) in [6.07, 6.45) is 2.13. The van der Waals surface area contributed by atoms with Crippen molar-refractivity contribution in [2.75, 3.05) is 13.2 Å². The quantitative estimate of drug-likeness (QED) is 0.396. The maximum atomic E-state index is 14.0. The number of halogens is 1. The molecule has 0 saturated heterocycles. The van der Waals surface area contributed by atoms with Crippen molar-refractivity contribution in [2.45, 2.75) is 33.9 Å². The number of aryl methyl sites for hydroxylation is 4. The van der Waals surface area contributed by atoms with Crippen molar-refractivity contribution in [3.05, 3.63) is 99.9 Å². The van der Waals surface area contributed by atoms with Crippen LogP contribution in [0.25, 0.3) is 11.1 Å². The Morgan fingerprint density at radius 2 is 1.82 bits per heavy atom. The number of hydrogen-bond donors (Lipinski definition) is 1. The molecule has 10 heteroatoms. The van der Waals surface area contributed by atoms with Crippen LogP contribution in [-0.4, -0.2) is 49.3 Å². The number of pyridine rings is 1. The number of ether oxygens (including phenoxy) is 1. The van der Waals surface area contributed by atoms with Crippen LogP contribution in [0, 0.1) is 26.6 Å². The van der Waals surface area contributed by atoms with Gasteiger partial charge in [0.05, 0.1) is 30.9 Å². The number of carbonyl (C=O) groups excluding carboxylic acids is 1. The van der Waals surface area contributed by atoms with Gasteiger partial charge in [-0.25, -0.2) is 9.18 Å². The number of hydrogen-bond acceptors (Lipinski definition) is 4. The lowest BCUT2D eigenvalue weighted by Gasteiger charge is -2.21. The minimum atomic E-state index is -1.31. The van der Waals surface area contributed by atoms with Crippen molar-refractivity contribution in [1.82, 2.24) is 19.0 Å². The van der Waals surface area contributed by atoms with Gasteiger partial charge in [-0.3, -0.25) is 9.78 Å². The number of fused-ring (bicyclic) bond motifs is 1. The Balaban J connectivity index is 1.63. The van der Waals surface area contributed by atoms with Gasteiger partial charge in [0.2, 0.25) is 5.62 Å². The standard InChI is InChI=1S/C30H30FN5O4/c1-18-11-20(3)32-23(12-18)17-35-9-10-40-27-25(24-6-5-22(31)13-19(24)2)14-21(15-26(27)28(35)37)16-36-8-7-34(4)29(36)33-30(38)39/h5-8,11-15H,9-10,16-17H2,1-4H3,(H,38,39)/b33-29+. The fraction of sp³-hybridized carbons (Fsp3) is 0.267. The molecule has 0 saturated carbocycles. The lowest BCUT2D eigenvalue weighted by molar-refractivity contribution is 0.0740. The van der Waals surface area contributed by atoms with Crippen molar-refractivity contribution < 1.29 is 23.8 Å². The molecule has 1 N–H and O–H groups in total. The number of benzene rings is 2. The lowest BCUT2D eigenvalue weighted by Crippen LogP contribution is -2.32. The Hall–Kier alpha value is -4.73. The highest BCUT2D eigenvalue weighted by Crippen LogP contribution is 2.38. The van der Waals surface area contributed by atoms with Crippen molar-refractivity contribution in [3.63, 3.8) is 0 Å². The fourth-order valence-corrected chi connectivity index (χ4v) is 5.17. The van der Waals surface area contributed by atoms with Gasteiger partial charge >= 0.3 is 6.09 Å². The zero-order chi connectivity index (χ0) is 28.6. The van der Waals surface area contributed by atoms with E-state index in [1.54, 1.807) is 45.6 Å². The van der Waals surface area contributed by atoms with Crippen molar-refractivity contribution in [2.24, 2.45) is 12.0 Å². The number of carboxylic acid groups (broad SMARTS) is 1. The molecule has 0 spiro atoms. The molecule has 1 aliphatic heterocycles. The number of rotatable bonds is 5. The summed E-state index contributed by atoms with van der Waals surface area (Å²) in [5.41, 5.74) is 6.21. The highest BCUT2D eigenvalue weighted by molar-refractivity contribution is 6.00. The van der Waals surface area contributed by atoms with Crippen LogP contribution in [0.2, 0.25) is 0 Å². The number of carbonyl (C=O) groups is 2. The molecule has 0 radical (unpaired) electrons. The normalized spacial score (nSPS) is 13.7. The Bertz CT molecular complexity index is 1680. The first kappa shape index (κ1) is 26.9. The van der Waals surface area contributed by atoms with E-state index in [0.717, 1.165) is 28.1 Å². The van der Waals surface area contributed by atoms with E-state index in [9.17, 15) is 19.1 Å². The molecule has 3 heterocycles. The Morgan fingerprint density at radius 1 is 1.05 bits per heavy atom. The highest BCUT2D eigenvalue weighted by Gasteiger charge is 2.28. The van der Waals surface area contributed by atoms with Gasteiger partial charge in [0.15, 0.2) is 0 Å². The molecule has 1 aliphatic rings. The summed E-state index contributed by atoms with van der Waals surface area (Å²) < 4.78 is 23.5. The average Bonchev–Trinajstić information content (AvgIpc) is 3.12. The zero-order valence-electron chi connectivity index (χ0n) is 22.8. The summed E-state index contributed by atoms with van der Waals surface area (Å²) in [6, 6.07) is 12.1. The number of aromatic nitrogens is 3. The summed E-state index contributed by atoms with van der Waals surface area (Å²) in [6.45, 7) is 6.96. The molecule has 5 rings (SSSR count). The van der Waals surface area contributed by atoms with Crippen LogP contribution in [0.15, 0.2) is 59.9 Å². The number of amides is 2. The van der Waals surface area contributed by atoms with Gasteiger partial charge < -0.3 is 23.9 Å². The van der Waals surface area contributed by atoms with E-state index in [1.165, 1.54) is 12.1 Å². The van der Waals surface area contributed by atoms with Gasteiger partial charge in [0.1, 0.15) is 18.2 Å². The van der Waals surface area contributed by atoms with Crippen LogP contribution in [0.3, 0.4) is 0 Å². The maximum absolute atomic E-state index is 14.0. The summed E-state index contributed by atoms with van der Waals surface area (Å²) in [5.74, 6) is -0.120. The molecular formula is C30H30FN5O4. The minimum absolute atomic E-state index is 0.204. The highest BCUT2D eigenvalue weighted by atomic mass is 19.1. The third kappa shape index (κ3) is 5.51. The second kappa shape index (κ2) is 10.8. The molecule has 2 aromatic carbocycles. The molecule has 0 fully saturated rings. The van der Waals surface area contributed by atoms with Crippen LogP contribution in [0.1, 0.15) is 38.4 Å². The van der Waals surface area contributed by atoms with Gasteiger partial charge in [-0.15, -0.1) is 4.99 Å². The summed E-state index contributed by atoms with van der Waals surface area (Å²) >= 11 is 0. The summed E-state index contributed by atoms with van der Waals surface area (Å²) in [4.78, 5) is 35.4. The predicted octanol–water partition coefficient (Wildman–Crippen LogP) is 4.61. The monoisotopic (exact) mass is 543 g/mol. The van der Waals surface area contributed by atoms with Crippen LogP contribution in [0.5, 0.6) is 5.75 Å². The largest absolute Gasteiger partial charge is 0.490 e. The Labute approximate surface area is 230 Å². The molecule has 0 aliphatic carbocycles. The fourth-order valence-electron chi connectivity index (χ4n) is 5.17. The Kier molecular flexibility index (Phi) is 7.25. The van der Waals surface area contributed by atoms with E-state index < -0.39 is 6.09 Å². The van der Waals surface area contributed by atoms with E-state index >= 15 is 0 Å². The third-order valence-corrected chi connectivity index (χ3v) is 6.85. The van der Waals surface area contributed by atoms with Gasteiger partial charge in [0, 0.05) is 30.7 Å². The van der Waals surface area contributed by atoms with Crippen molar-refractivity contribution in [3.8, 4) is 16.9 Å². The van der Waals surface area contributed by atoms with E-state index in [2.05, 4.69) is 9.98 Å². The SMILES string of the molecule is Cc1cc(C)nc(CN2CCOc3c(cc(Cn4ccn(C)/c4=N\C(=O)O)cc3-c3ccc(F)cc3C)C2=O)c1. The van der Waals surface area contributed by atoms with Crippen LogP contribution < -0.4 is 10.4 Å². The van der Waals surface area contributed by atoms with Gasteiger partial charge in [-0.2, -0.15) is 0 Å². The number of imidazole rings is 1.